The summed E-state index contributed by atoms with van der Waals surface area (Å²) in [5.74, 6) is -1.39. The van der Waals surface area contributed by atoms with E-state index in [2.05, 4.69) is 14.4 Å². The molecule has 1 aliphatic carbocycles. The van der Waals surface area contributed by atoms with Crippen LogP contribution in [-0.2, 0) is 16.2 Å². The minimum atomic E-state index is -4.67. The molecule has 2 aromatic heterocycles. The van der Waals surface area contributed by atoms with Crippen molar-refractivity contribution in [3.63, 3.8) is 0 Å². The molecular weight excluding hydrogens is 361 g/mol. The minimum Gasteiger partial charge on any atom is -0.441 e. The SMILES string of the molecule is O=S(=O)(NC1CCCCCC1)c1ccc(-c2cc(C(F)(F)F)on2)o1. The summed E-state index contributed by atoms with van der Waals surface area (Å²) in [6.45, 7) is 0. The molecule has 0 atom stereocenters. The molecule has 1 fully saturated rings. The highest BCUT2D eigenvalue weighted by atomic mass is 32.2. The van der Waals surface area contributed by atoms with Crippen LogP contribution in [0.5, 0.6) is 0 Å². The molecule has 0 aromatic carbocycles. The Labute approximate surface area is 142 Å². The number of nitrogens with one attached hydrogen (secondary N) is 1. The summed E-state index contributed by atoms with van der Waals surface area (Å²) in [5.41, 5.74) is -0.219. The third-order valence-corrected chi connectivity index (χ3v) is 5.46. The van der Waals surface area contributed by atoms with Crippen molar-refractivity contribution in [1.82, 2.24) is 9.88 Å². The van der Waals surface area contributed by atoms with Crippen LogP contribution in [0, 0.1) is 0 Å². The Kier molecular flexibility index (Phi) is 4.92. The minimum absolute atomic E-state index is 0.111. The van der Waals surface area contributed by atoms with E-state index in [4.69, 9.17) is 4.42 Å². The van der Waals surface area contributed by atoms with Crippen molar-refractivity contribution in [3.05, 3.63) is 24.0 Å². The van der Waals surface area contributed by atoms with E-state index in [-0.39, 0.29) is 22.6 Å². The van der Waals surface area contributed by atoms with Gasteiger partial charge in [-0.05, 0) is 25.0 Å². The average molecular weight is 378 g/mol. The van der Waals surface area contributed by atoms with E-state index in [1.807, 2.05) is 0 Å². The van der Waals surface area contributed by atoms with E-state index in [0.29, 0.717) is 6.07 Å². The highest BCUT2D eigenvalue weighted by Gasteiger charge is 2.36. The van der Waals surface area contributed by atoms with Crippen LogP contribution in [0.3, 0.4) is 0 Å². The first-order chi connectivity index (χ1) is 11.8. The van der Waals surface area contributed by atoms with E-state index in [9.17, 15) is 21.6 Å². The third kappa shape index (κ3) is 4.24. The van der Waals surface area contributed by atoms with Crippen LogP contribution in [0.25, 0.3) is 11.5 Å². The Morgan fingerprint density at radius 1 is 1.12 bits per heavy atom. The zero-order valence-electron chi connectivity index (χ0n) is 13.2. The van der Waals surface area contributed by atoms with Gasteiger partial charge in [-0.15, -0.1) is 0 Å². The molecule has 3 rings (SSSR count). The molecule has 1 aliphatic rings. The molecule has 0 aliphatic heterocycles. The second kappa shape index (κ2) is 6.83. The Bertz CT molecular complexity index is 818. The lowest BCUT2D eigenvalue weighted by molar-refractivity contribution is -0.155. The summed E-state index contributed by atoms with van der Waals surface area (Å²) < 4.78 is 74.4. The number of furan rings is 1. The fourth-order valence-corrected chi connectivity index (χ4v) is 4.04. The molecule has 0 amide bonds. The molecule has 1 saturated carbocycles. The monoisotopic (exact) mass is 378 g/mol. The van der Waals surface area contributed by atoms with Crippen LogP contribution in [0.2, 0.25) is 0 Å². The average Bonchev–Trinajstić information content (AvgIpc) is 3.13. The zero-order chi connectivity index (χ0) is 18.1. The number of rotatable bonds is 4. The van der Waals surface area contributed by atoms with Gasteiger partial charge in [0, 0.05) is 12.1 Å². The van der Waals surface area contributed by atoms with Crippen LogP contribution < -0.4 is 4.72 Å². The van der Waals surface area contributed by atoms with E-state index in [1.54, 1.807) is 0 Å². The molecule has 0 unspecified atom stereocenters. The van der Waals surface area contributed by atoms with Gasteiger partial charge in [-0.2, -0.15) is 13.2 Å². The summed E-state index contributed by atoms with van der Waals surface area (Å²) >= 11 is 0. The molecule has 10 heteroatoms. The molecule has 138 valence electrons. The van der Waals surface area contributed by atoms with Crippen LogP contribution in [0.1, 0.15) is 44.3 Å². The fraction of sp³-hybridized carbons (Fsp3) is 0.533. The Hall–Kier alpha value is -1.81. The van der Waals surface area contributed by atoms with Crippen molar-refractivity contribution in [1.29, 1.82) is 0 Å². The van der Waals surface area contributed by atoms with Crippen LogP contribution in [0.15, 0.2) is 32.2 Å². The fourth-order valence-electron chi connectivity index (χ4n) is 2.80. The van der Waals surface area contributed by atoms with Gasteiger partial charge in [-0.3, -0.25) is 0 Å². The summed E-state index contributed by atoms with van der Waals surface area (Å²) in [5, 5.41) is 2.91. The molecule has 2 aromatic rings. The lowest BCUT2D eigenvalue weighted by atomic mass is 10.1. The van der Waals surface area contributed by atoms with E-state index >= 15 is 0 Å². The normalized spacial score (nSPS) is 17.6. The molecule has 2 heterocycles. The van der Waals surface area contributed by atoms with Gasteiger partial charge in [0.25, 0.3) is 10.0 Å². The molecule has 25 heavy (non-hydrogen) atoms. The Balaban J connectivity index is 1.76. The van der Waals surface area contributed by atoms with Crippen molar-refractivity contribution in [3.8, 4) is 11.5 Å². The number of sulfonamides is 1. The molecule has 0 spiro atoms. The topological polar surface area (TPSA) is 85.3 Å². The quantitative estimate of drug-likeness (QED) is 0.814. The van der Waals surface area contributed by atoms with E-state index in [0.717, 1.165) is 38.5 Å². The first-order valence-electron chi connectivity index (χ1n) is 7.92. The summed E-state index contributed by atoms with van der Waals surface area (Å²) in [4.78, 5) is 0. The predicted molar refractivity (Wildman–Crippen MR) is 81.0 cm³/mol. The predicted octanol–water partition coefficient (Wildman–Crippen LogP) is 3.95. The van der Waals surface area contributed by atoms with Gasteiger partial charge in [-0.1, -0.05) is 30.8 Å². The maximum atomic E-state index is 12.5. The van der Waals surface area contributed by atoms with Gasteiger partial charge in [0.15, 0.2) is 5.76 Å². The standard InChI is InChI=1S/C15H17F3N2O4S/c16-15(17,18)13-9-11(19-24-13)12-7-8-14(23-12)25(21,22)20-10-5-3-1-2-4-6-10/h7-10,20H,1-6H2. The smallest absolute Gasteiger partial charge is 0.441 e. The summed E-state index contributed by atoms with van der Waals surface area (Å²) in [7, 11) is -3.88. The van der Waals surface area contributed by atoms with Crippen LogP contribution in [-0.4, -0.2) is 19.6 Å². The van der Waals surface area contributed by atoms with Crippen LogP contribution >= 0.6 is 0 Å². The maximum Gasteiger partial charge on any atom is 0.452 e. The number of halogens is 3. The van der Waals surface area contributed by atoms with Gasteiger partial charge in [0.05, 0.1) is 0 Å². The Morgan fingerprint density at radius 3 is 2.40 bits per heavy atom. The van der Waals surface area contributed by atoms with Gasteiger partial charge >= 0.3 is 6.18 Å². The number of hydrogen-bond donors (Lipinski definition) is 1. The number of alkyl halides is 3. The van der Waals surface area contributed by atoms with Crippen molar-refractivity contribution >= 4 is 10.0 Å². The van der Waals surface area contributed by atoms with Gasteiger partial charge in [0.1, 0.15) is 5.69 Å². The van der Waals surface area contributed by atoms with Gasteiger partial charge in [0.2, 0.25) is 10.9 Å². The molecule has 0 radical (unpaired) electrons. The van der Waals surface area contributed by atoms with Crippen molar-refractivity contribution in [2.24, 2.45) is 0 Å². The van der Waals surface area contributed by atoms with E-state index < -0.39 is 22.0 Å². The highest BCUT2D eigenvalue weighted by Crippen LogP contribution is 2.33. The van der Waals surface area contributed by atoms with Gasteiger partial charge < -0.3 is 8.94 Å². The number of hydrogen-bond acceptors (Lipinski definition) is 5. The van der Waals surface area contributed by atoms with Crippen molar-refractivity contribution in [2.45, 2.75) is 55.8 Å². The van der Waals surface area contributed by atoms with E-state index in [1.165, 1.54) is 12.1 Å². The Morgan fingerprint density at radius 2 is 1.80 bits per heavy atom. The van der Waals surface area contributed by atoms with Gasteiger partial charge in [-0.25, -0.2) is 13.1 Å². The first kappa shape index (κ1) is 18.0. The second-order valence-corrected chi connectivity index (χ2v) is 7.65. The van der Waals surface area contributed by atoms with Crippen LogP contribution in [0.4, 0.5) is 13.2 Å². The lowest BCUT2D eigenvalue weighted by Gasteiger charge is -2.14. The third-order valence-electron chi connectivity index (χ3n) is 4.07. The largest absolute Gasteiger partial charge is 0.452 e. The lowest BCUT2D eigenvalue weighted by Crippen LogP contribution is -2.34. The molecule has 0 saturated heterocycles. The molecule has 0 bridgehead atoms. The number of nitrogens with zero attached hydrogens (tertiary/aromatic N) is 1. The maximum absolute atomic E-state index is 12.5. The zero-order valence-corrected chi connectivity index (χ0v) is 14.0. The molecular formula is C15H17F3N2O4S. The summed E-state index contributed by atoms with van der Waals surface area (Å²) in [6, 6.07) is 2.94. The summed E-state index contributed by atoms with van der Waals surface area (Å²) in [6.07, 6.45) is 0.906. The van der Waals surface area contributed by atoms with Crippen molar-refractivity contribution < 1.29 is 30.5 Å². The molecule has 6 nitrogen and oxygen atoms in total. The molecule has 1 N–H and O–H groups in total. The second-order valence-electron chi connectivity index (χ2n) is 6.00. The first-order valence-corrected chi connectivity index (χ1v) is 9.40. The number of aromatic nitrogens is 1. The van der Waals surface area contributed by atoms with Crippen molar-refractivity contribution in [2.75, 3.05) is 0 Å². The highest BCUT2D eigenvalue weighted by molar-refractivity contribution is 7.89.